The highest BCUT2D eigenvalue weighted by Crippen LogP contribution is 2.22. The number of hydrogen-bond acceptors (Lipinski definition) is 5. The molecule has 1 atom stereocenters. The highest BCUT2D eigenvalue weighted by molar-refractivity contribution is 5.69. The molecule has 0 saturated carbocycles. The van der Waals surface area contributed by atoms with Crippen LogP contribution in [-0.2, 0) is 11.2 Å². The van der Waals surface area contributed by atoms with E-state index in [0.717, 1.165) is 5.56 Å². The van der Waals surface area contributed by atoms with E-state index in [1.165, 1.54) is 0 Å². The summed E-state index contributed by atoms with van der Waals surface area (Å²) in [5.74, 6) is 0. The molecule has 156 valence electrons. The van der Waals surface area contributed by atoms with Gasteiger partial charge in [-0.25, -0.2) is 9.89 Å². The minimum atomic E-state index is -0.630. The third kappa shape index (κ3) is 5.70. The van der Waals surface area contributed by atoms with Gasteiger partial charge in [-0.2, -0.15) is 5.10 Å². The predicted molar refractivity (Wildman–Crippen MR) is 117 cm³/mol. The number of ether oxygens (including phenoxy) is 1. The number of anilines is 1. The smallest absolute Gasteiger partial charge is 0.408 e. The van der Waals surface area contributed by atoms with Crippen LogP contribution < -0.4 is 16.6 Å². The van der Waals surface area contributed by atoms with Gasteiger partial charge in [-0.05, 0) is 56.5 Å². The molecule has 0 aliphatic heterocycles. The number of nitrogens with two attached hydrogens (primary N) is 1. The second-order valence-corrected chi connectivity index (χ2v) is 8.05. The first-order valence-electron chi connectivity index (χ1n) is 9.70. The van der Waals surface area contributed by atoms with E-state index in [1.807, 2.05) is 30.3 Å². The van der Waals surface area contributed by atoms with Crippen molar-refractivity contribution in [3.63, 3.8) is 0 Å². The van der Waals surface area contributed by atoms with Crippen LogP contribution in [0.25, 0.3) is 11.1 Å². The van der Waals surface area contributed by atoms with Gasteiger partial charge in [-0.15, -0.1) is 0 Å². The molecule has 3 rings (SSSR count). The van der Waals surface area contributed by atoms with Crippen LogP contribution in [0.4, 0.5) is 10.5 Å². The summed E-state index contributed by atoms with van der Waals surface area (Å²) in [6.45, 7) is 5.41. The van der Waals surface area contributed by atoms with Gasteiger partial charge in [0.2, 0.25) is 0 Å². The van der Waals surface area contributed by atoms with Gasteiger partial charge in [0.05, 0.1) is 17.3 Å². The summed E-state index contributed by atoms with van der Waals surface area (Å²) < 4.78 is 5.42. The van der Waals surface area contributed by atoms with E-state index in [9.17, 15) is 9.59 Å². The van der Waals surface area contributed by atoms with E-state index in [-0.39, 0.29) is 5.56 Å². The summed E-state index contributed by atoms with van der Waals surface area (Å²) in [7, 11) is 0. The number of rotatable bonds is 5. The van der Waals surface area contributed by atoms with Crippen LogP contribution in [0.5, 0.6) is 0 Å². The number of nitrogens with zero attached hydrogens (tertiary/aromatic N) is 1. The summed E-state index contributed by atoms with van der Waals surface area (Å²) in [6, 6.07) is 17.9. The Labute approximate surface area is 175 Å². The zero-order valence-corrected chi connectivity index (χ0v) is 17.3. The van der Waals surface area contributed by atoms with Gasteiger partial charge in [0.15, 0.2) is 0 Å². The van der Waals surface area contributed by atoms with Crippen molar-refractivity contribution in [2.75, 3.05) is 5.73 Å². The number of alkyl carbamates (subject to hydrolysis) is 1. The largest absolute Gasteiger partial charge is 0.444 e. The number of carbonyl (C=O) groups is 1. The quantitative estimate of drug-likeness (QED) is 0.558. The molecule has 0 aliphatic carbocycles. The molecule has 30 heavy (non-hydrogen) atoms. The number of nitrogen functional groups attached to an aromatic ring is 1. The lowest BCUT2D eigenvalue weighted by atomic mass is 10.0. The highest BCUT2D eigenvalue weighted by Gasteiger charge is 2.23. The van der Waals surface area contributed by atoms with Crippen molar-refractivity contribution in [1.82, 2.24) is 15.5 Å². The SMILES string of the molecule is CC(C)(C)OC(=O)NC(Cc1ccccc1)c1cc(-c2ccc(N)cc2)c(=O)[nH]n1. The average molecular weight is 406 g/mol. The van der Waals surface area contributed by atoms with Gasteiger partial charge >= 0.3 is 6.09 Å². The molecular weight excluding hydrogens is 380 g/mol. The first-order valence-corrected chi connectivity index (χ1v) is 9.70. The second kappa shape index (κ2) is 8.82. The van der Waals surface area contributed by atoms with Gasteiger partial charge in [-0.1, -0.05) is 42.5 Å². The van der Waals surface area contributed by atoms with E-state index >= 15 is 0 Å². The van der Waals surface area contributed by atoms with Crippen LogP contribution in [0.15, 0.2) is 65.5 Å². The van der Waals surface area contributed by atoms with Crippen molar-refractivity contribution in [3.8, 4) is 11.1 Å². The lowest BCUT2D eigenvalue weighted by Crippen LogP contribution is -2.36. The Morgan fingerprint density at radius 2 is 1.80 bits per heavy atom. The number of benzene rings is 2. The van der Waals surface area contributed by atoms with Crippen LogP contribution >= 0.6 is 0 Å². The van der Waals surface area contributed by atoms with Crippen LogP contribution in [0.1, 0.15) is 38.1 Å². The Balaban J connectivity index is 1.95. The molecule has 0 saturated heterocycles. The number of hydrogen-bond donors (Lipinski definition) is 3. The molecule has 1 aromatic heterocycles. The van der Waals surface area contributed by atoms with E-state index in [2.05, 4.69) is 15.5 Å². The maximum absolute atomic E-state index is 12.4. The number of H-pyrrole nitrogens is 1. The zero-order chi connectivity index (χ0) is 21.7. The fourth-order valence-corrected chi connectivity index (χ4v) is 3.01. The van der Waals surface area contributed by atoms with Crippen LogP contribution in [0.2, 0.25) is 0 Å². The van der Waals surface area contributed by atoms with Crippen molar-refractivity contribution >= 4 is 11.8 Å². The predicted octanol–water partition coefficient (Wildman–Crippen LogP) is 3.83. The Morgan fingerprint density at radius 3 is 2.43 bits per heavy atom. The molecule has 0 bridgehead atoms. The standard InChI is InChI=1S/C23H26N4O3/c1-23(2,3)30-22(29)25-19(13-15-7-5-4-6-8-15)20-14-18(21(28)27-26-20)16-9-11-17(24)12-10-16/h4-12,14,19H,13,24H2,1-3H3,(H,25,29)(H,27,28). The van der Waals surface area contributed by atoms with Crippen molar-refractivity contribution in [3.05, 3.63) is 82.3 Å². The summed E-state index contributed by atoms with van der Waals surface area (Å²) in [6.07, 6.45) is -0.0641. The topological polar surface area (TPSA) is 110 Å². The molecular formula is C23H26N4O3. The van der Waals surface area contributed by atoms with Gasteiger partial charge in [-0.3, -0.25) is 4.79 Å². The molecule has 0 spiro atoms. The molecule has 3 aromatic rings. The molecule has 0 radical (unpaired) electrons. The number of aromatic nitrogens is 2. The first-order chi connectivity index (χ1) is 14.2. The molecule has 0 fully saturated rings. The Hall–Kier alpha value is -3.61. The van der Waals surface area contributed by atoms with E-state index in [1.54, 1.807) is 51.1 Å². The number of amides is 1. The lowest BCUT2D eigenvalue weighted by molar-refractivity contribution is 0.0502. The molecule has 2 aromatic carbocycles. The van der Waals surface area contributed by atoms with Crippen LogP contribution in [0, 0.1) is 0 Å². The lowest BCUT2D eigenvalue weighted by Gasteiger charge is -2.23. The Morgan fingerprint density at radius 1 is 1.13 bits per heavy atom. The Bertz CT molecular complexity index is 1050. The first kappa shape index (κ1) is 21.1. The normalized spacial score (nSPS) is 12.2. The molecule has 1 unspecified atom stereocenters. The zero-order valence-electron chi connectivity index (χ0n) is 17.3. The highest BCUT2D eigenvalue weighted by atomic mass is 16.6. The van der Waals surface area contributed by atoms with Gasteiger partial charge in [0.25, 0.3) is 5.56 Å². The van der Waals surface area contributed by atoms with Gasteiger partial charge < -0.3 is 15.8 Å². The fourth-order valence-electron chi connectivity index (χ4n) is 3.01. The molecule has 7 heteroatoms. The summed E-state index contributed by atoms with van der Waals surface area (Å²) in [5.41, 5.74) is 8.11. The monoisotopic (exact) mass is 406 g/mol. The number of carbonyl (C=O) groups excluding carboxylic acids is 1. The van der Waals surface area contributed by atoms with Crippen molar-refractivity contribution < 1.29 is 9.53 Å². The maximum Gasteiger partial charge on any atom is 0.408 e. The fraction of sp³-hybridized carbons (Fsp3) is 0.261. The molecule has 1 amide bonds. The third-order valence-electron chi connectivity index (χ3n) is 4.38. The van der Waals surface area contributed by atoms with E-state index in [4.69, 9.17) is 10.5 Å². The van der Waals surface area contributed by atoms with Gasteiger partial charge in [0, 0.05) is 5.69 Å². The second-order valence-electron chi connectivity index (χ2n) is 8.05. The van der Waals surface area contributed by atoms with E-state index < -0.39 is 17.7 Å². The summed E-state index contributed by atoms with van der Waals surface area (Å²) in [4.78, 5) is 24.8. The molecule has 7 nitrogen and oxygen atoms in total. The molecule has 0 aliphatic rings. The summed E-state index contributed by atoms with van der Waals surface area (Å²) >= 11 is 0. The van der Waals surface area contributed by atoms with Crippen LogP contribution in [0.3, 0.4) is 0 Å². The van der Waals surface area contributed by atoms with Crippen molar-refractivity contribution in [2.45, 2.75) is 38.8 Å². The number of nitrogens with one attached hydrogen (secondary N) is 2. The molecule has 1 heterocycles. The van der Waals surface area contributed by atoms with Crippen molar-refractivity contribution in [1.29, 1.82) is 0 Å². The van der Waals surface area contributed by atoms with Crippen molar-refractivity contribution in [2.24, 2.45) is 0 Å². The number of aromatic amines is 1. The third-order valence-corrected chi connectivity index (χ3v) is 4.38. The van der Waals surface area contributed by atoms with Gasteiger partial charge in [0.1, 0.15) is 5.60 Å². The van der Waals surface area contributed by atoms with Crippen LogP contribution in [-0.4, -0.2) is 21.9 Å². The Kier molecular flexibility index (Phi) is 6.20. The average Bonchev–Trinajstić information content (AvgIpc) is 2.68. The molecule has 4 N–H and O–H groups in total. The summed E-state index contributed by atoms with van der Waals surface area (Å²) in [5, 5.41) is 9.62. The maximum atomic E-state index is 12.4. The van der Waals surface area contributed by atoms with E-state index in [0.29, 0.717) is 28.9 Å². The minimum absolute atomic E-state index is 0.320. The minimum Gasteiger partial charge on any atom is -0.444 e.